The summed E-state index contributed by atoms with van der Waals surface area (Å²) < 4.78 is 0. The molecule has 3 aromatic rings. The number of carbonyl (C=O) groups excluding carboxylic acids is 1. The lowest BCUT2D eigenvalue weighted by molar-refractivity contribution is 0.0673. The average molecular weight is 347 g/mol. The summed E-state index contributed by atoms with van der Waals surface area (Å²) in [5, 5.41) is 0. The zero-order chi connectivity index (χ0) is 17.8. The standard InChI is InChI=1S/C20H21N5O/c26-20(16-6-2-1-3-7-16)25-10-4-5-15(13-25)11-17-12-18(24-14-23-17)19-21-8-9-22-19/h1-3,6-9,12,14-15H,4-5,10-11,13H2,(H,21,22). The maximum absolute atomic E-state index is 12.7. The van der Waals surface area contributed by atoms with Crippen molar-refractivity contribution in [3.8, 4) is 11.5 Å². The number of rotatable bonds is 4. The van der Waals surface area contributed by atoms with Crippen LogP contribution < -0.4 is 0 Å². The predicted molar refractivity (Wildman–Crippen MR) is 98.4 cm³/mol. The first kappa shape index (κ1) is 16.4. The third-order valence-electron chi connectivity index (χ3n) is 4.79. The van der Waals surface area contributed by atoms with Crippen LogP contribution in [-0.4, -0.2) is 43.8 Å². The summed E-state index contributed by atoms with van der Waals surface area (Å²) in [5.74, 6) is 1.28. The Morgan fingerprint density at radius 1 is 1.19 bits per heavy atom. The molecule has 1 saturated heterocycles. The molecule has 1 aromatic carbocycles. The van der Waals surface area contributed by atoms with Gasteiger partial charge in [-0.2, -0.15) is 0 Å². The Kier molecular flexibility index (Phi) is 4.73. The van der Waals surface area contributed by atoms with E-state index >= 15 is 0 Å². The fraction of sp³-hybridized carbons (Fsp3) is 0.300. The molecule has 1 amide bonds. The summed E-state index contributed by atoms with van der Waals surface area (Å²) in [5.41, 5.74) is 2.55. The van der Waals surface area contributed by atoms with E-state index in [9.17, 15) is 4.79 Å². The lowest BCUT2D eigenvalue weighted by Gasteiger charge is -2.32. The van der Waals surface area contributed by atoms with E-state index in [1.807, 2.05) is 41.3 Å². The van der Waals surface area contributed by atoms with Crippen LogP contribution in [0.25, 0.3) is 11.5 Å². The van der Waals surface area contributed by atoms with E-state index in [1.54, 1.807) is 18.7 Å². The van der Waals surface area contributed by atoms with Crippen molar-refractivity contribution in [3.05, 3.63) is 66.4 Å². The number of H-pyrrole nitrogens is 1. The smallest absolute Gasteiger partial charge is 0.253 e. The number of piperidine rings is 1. The predicted octanol–water partition coefficient (Wildman–Crippen LogP) is 2.96. The van der Waals surface area contributed by atoms with Gasteiger partial charge < -0.3 is 9.88 Å². The van der Waals surface area contributed by atoms with Crippen LogP contribution in [-0.2, 0) is 6.42 Å². The first-order valence-electron chi connectivity index (χ1n) is 8.94. The molecule has 1 aliphatic heterocycles. The molecule has 6 heteroatoms. The highest BCUT2D eigenvalue weighted by molar-refractivity contribution is 5.94. The van der Waals surface area contributed by atoms with Crippen molar-refractivity contribution in [3.63, 3.8) is 0 Å². The topological polar surface area (TPSA) is 74.8 Å². The highest BCUT2D eigenvalue weighted by Gasteiger charge is 2.25. The van der Waals surface area contributed by atoms with Crippen LogP contribution in [0.2, 0.25) is 0 Å². The molecule has 1 unspecified atom stereocenters. The van der Waals surface area contributed by atoms with Crippen molar-refractivity contribution in [2.24, 2.45) is 5.92 Å². The van der Waals surface area contributed by atoms with Gasteiger partial charge in [0.15, 0.2) is 5.82 Å². The summed E-state index contributed by atoms with van der Waals surface area (Å²) in [6.45, 7) is 1.60. The van der Waals surface area contributed by atoms with E-state index in [0.29, 0.717) is 5.92 Å². The maximum atomic E-state index is 12.7. The van der Waals surface area contributed by atoms with Crippen LogP contribution in [0.15, 0.2) is 55.1 Å². The second-order valence-electron chi connectivity index (χ2n) is 6.66. The molecule has 26 heavy (non-hydrogen) atoms. The number of nitrogens with one attached hydrogen (secondary N) is 1. The summed E-state index contributed by atoms with van der Waals surface area (Å²) in [7, 11) is 0. The van der Waals surface area contributed by atoms with Crippen molar-refractivity contribution < 1.29 is 4.79 Å². The van der Waals surface area contributed by atoms with Gasteiger partial charge in [0.25, 0.3) is 5.91 Å². The molecular formula is C20H21N5O. The number of imidazole rings is 1. The molecule has 0 spiro atoms. The second-order valence-corrected chi connectivity index (χ2v) is 6.66. The molecule has 1 fully saturated rings. The molecule has 132 valence electrons. The fourth-order valence-corrected chi connectivity index (χ4v) is 3.52. The molecule has 1 N–H and O–H groups in total. The van der Waals surface area contributed by atoms with Gasteiger partial charge >= 0.3 is 0 Å². The van der Waals surface area contributed by atoms with Gasteiger partial charge in [0, 0.05) is 36.7 Å². The van der Waals surface area contributed by atoms with E-state index in [2.05, 4.69) is 19.9 Å². The molecular weight excluding hydrogens is 326 g/mol. The first-order valence-corrected chi connectivity index (χ1v) is 8.94. The largest absolute Gasteiger partial charge is 0.343 e. The number of hydrogen-bond donors (Lipinski definition) is 1. The lowest BCUT2D eigenvalue weighted by Crippen LogP contribution is -2.40. The third-order valence-corrected chi connectivity index (χ3v) is 4.79. The Morgan fingerprint density at radius 3 is 2.88 bits per heavy atom. The van der Waals surface area contributed by atoms with E-state index in [0.717, 1.165) is 55.1 Å². The van der Waals surface area contributed by atoms with Crippen molar-refractivity contribution in [2.45, 2.75) is 19.3 Å². The van der Waals surface area contributed by atoms with Gasteiger partial charge in [-0.05, 0) is 43.4 Å². The Balaban J connectivity index is 1.44. The molecule has 0 saturated carbocycles. The molecule has 0 aliphatic carbocycles. The Labute approximate surface area is 152 Å². The third kappa shape index (κ3) is 3.64. The highest BCUT2D eigenvalue weighted by atomic mass is 16.2. The molecule has 1 aliphatic rings. The normalized spacial score (nSPS) is 17.2. The summed E-state index contributed by atoms with van der Waals surface area (Å²) in [6.07, 6.45) is 8.06. The van der Waals surface area contributed by atoms with Gasteiger partial charge in [-0.3, -0.25) is 4.79 Å². The molecule has 4 rings (SSSR count). The van der Waals surface area contributed by atoms with Crippen LogP contribution in [0.4, 0.5) is 0 Å². The van der Waals surface area contributed by atoms with Crippen LogP contribution in [0.1, 0.15) is 28.9 Å². The number of aromatic amines is 1. The zero-order valence-corrected chi connectivity index (χ0v) is 14.5. The van der Waals surface area contributed by atoms with E-state index in [-0.39, 0.29) is 5.91 Å². The number of likely N-dealkylation sites (tertiary alicyclic amines) is 1. The summed E-state index contributed by atoms with van der Waals surface area (Å²) >= 11 is 0. The van der Waals surface area contributed by atoms with Gasteiger partial charge in [-0.15, -0.1) is 0 Å². The quantitative estimate of drug-likeness (QED) is 0.787. The second kappa shape index (κ2) is 7.47. The van der Waals surface area contributed by atoms with E-state index in [1.165, 1.54) is 0 Å². The molecule has 2 aromatic heterocycles. The lowest BCUT2D eigenvalue weighted by atomic mass is 9.92. The molecule has 6 nitrogen and oxygen atoms in total. The summed E-state index contributed by atoms with van der Waals surface area (Å²) in [4.78, 5) is 30.7. The van der Waals surface area contributed by atoms with Gasteiger partial charge in [0.05, 0.1) is 0 Å². The van der Waals surface area contributed by atoms with Crippen LogP contribution in [0, 0.1) is 5.92 Å². The maximum Gasteiger partial charge on any atom is 0.253 e. The zero-order valence-electron chi connectivity index (χ0n) is 14.5. The van der Waals surface area contributed by atoms with Crippen LogP contribution in [0.5, 0.6) is 0 Å². The van der Waals surface area contributed by atoms with Crippen molar-refractivity contribution in [2.75, 3.05) is 13.1 Å². The van der Waals surface area contributed by atoms with Crippen LogP contribution in [0.3, 0.4) is 0 Å². The van der Waals surface area contributed by atoms with Crippen molar-refractivity contribution in [1.82, 2.24) is 24.8 Å². The number of nitrogens with zero attached hydrogens (tertiary/aromatic N) is 4. The van der Waals surface area contributed by atoms with Crippen molar-refractivity contribution >= 4 is 5.91 Å². The van der Waals surface area contributed by atoms with Gasteiger partial charge in [0.2, 0.25) is 0 Å². The minimum Gasteiger partial charge on any atom is -0.343 e. The minimum atomic E-state index is 0.120. The Morgan fingerprint density at radius 2 is 2.08 bits per heavy atom. The average Bonchev–Trinajstić information content (AvgIpc) is 3.23. The Hall–Kier alpha value is -3.02. The number of aromatic nitrogens is 4. The molecule has 0 bridgehead atoms. The van der Waals surface area contributed by atoms with Crippen LogP contribution >= 0.6 is 0 Å². The first-order chi connectivity index (χ1) is 12.8. The minimum absolute atomic E-state index is 0.120. The summed E-state index contributed by atoms with van der Waals surface area (Å²) in [6, 6.07) is 11.5. The van der Waals surface area contributed by atoms with Gasteiger partial charge in [0.1, 0.15) is 12.0 Å². The van der Waals surface area contributed by atoms with E-state index in [4.69, 9.17) is 0 Å². The highest BCUT2D eigenvalue weighted by Crippen LogP contribution is 2.22. The van der Waals surface area contributed by atoms with E-state index < -0.39 is 0 Å². The molecule has 0 radical (unpaired) electrons. The molecule has 3 heterocycles. The Bertz CT molecular complexity index is 863. The van der Waals surface area contributed by atoms with Gasteiger partial charge in [-0.1, -0.05) is 18.2 Å². The number of benzene rings is 1. The fourth-order valence-electron chi connectivity index (χ4n) is 3.52. The number of carbonyl (C=O) groups is 1. The van der Waals surface area contributed by atoms with Gasteiger partial charge in [-0.25, -0.2) is 15.0 Å². The number of amides is 1. The number of hydrogen-bond acceptors (Lipinski definition) is 4. The monoisotopic (exact) mass is 347 g/mol. The molecule has 1 atom stereocenters. The SMILES string of the molecule is O=C(c1ccccc1)N1CCCC(Cc2cc(-c3ncc[nH]3)ncn2)C1. The van der Waals surface area contributed by atoms with Crippen molar-refractivity contribution in [1.29, 1.82) is 0 Å².